The fourth-order valence-electron chi connectivity index (χ4n) is 3.06. The number of rotatable bonds is 9. The van der Waals surface area contributed by atoms with E-state index >= 15 is 0 Å². The summed E-state index contributed by atoms with van der Waals surface area (Å²) in [6.45, 7) is 14.1. The molecular formula is C28H47ClN4O3. The number of hydrogen-bond donors (Lipinski definition) is 4. The van der Waals surface area contributed by atoms with Gasteiger partial charge in [-0.15, -0.1) is 0 Å². The second-order valence-corrected chi connectivity index (χ2v) is 7.91. The highest BCUT2D eigenvalue weighted by molar-refractivity contribution is 6.30. The average Bonchev–Trinajstić information content (AvgIpc) is 3.30. The van der Waals surface area contributed by atoms with Crippen molar-refractivity contribution >= 4 is 29.7 Å². The van der Waals surface area contributed by atoms with E-state index in [-0.39, 0.29) is 12.6 Å². The summed E-state index contributed by atoms with van der Waals surface area (Å²) in [5.41, 5.74) is 1.95. The predicted molar refractivity (Wildman–Crippen MR) is 154 cm³/mol. The van der Waals surface area contributed by atoms with Crippen molar-refractivity contribution in [3.05, 3.63) is 65.5 Å². The molecule has 0 bridgehead atoms. The Balaban J connectivity index is 0. The van der Waals surface area contributed by atoms with Crippen LogP contribution in [0.4, 0.5) is 10.5 Å². The molecule has 0 aliphatic carbocycles. The molecule has 1 aromatic carbocycles. The highest BCUT2D eigenvalue weighted by Gasteiger charge is 2.20. The van der Waals surface area contributed by atoms with Gasteiger partial charge in [-0.25, -0.2) is 4.79 Å². The number of carbonyl (C=O) groups excluding carboxylic acids is 2. The summed E-state index contributed by atoms with van der Waals surface area (Å²) in [5, 5.41) is 16.2. The van der Waals surface area contributed by atoms with E-state index in [4.69, 9.17) is 16.7 Å². The number of aliphatic hydroxyl groups is 1. The van der Waals surface area contributed by atoms with Gasteiger partial charge in [-0.3, -0.25) is 4.79 Å². The molecule has 1 fully saturated rings. The summed E-state index contributed by atoms with van der Waals surface area (Å²) in [6.07, 6.45) is 14.9. The van der Waals surface area contributed by atoms with Crippen LogP contribution in [0.15, 0.2) is 60.5 Å². The maximum Gasteiger partial charge on any atom is 0.319 e. The molecule has 36 heavy (non-hydrogen) atoms. The van der Waals surface area contributed by atoms with Gasteiger partial charge in [0, 0.05) is 48.3 Å². The quantitative estimate of drug-likeness (QED) is 0.170. The molecule has 8 heteroatoms. The van der Waals surface area contributed by atoms with Gasteiger partial charge >= 0.3 is 6.03 Å². The number of urea groups is 1. The maximum atomic E-state index is 11.3. The Bertz CT molecular complexity index is 765. The Morgan fingerprint density at radius 3 is 2.36 bits per heavy atom. The van der Waals surface area contributed by atoms with Crippen molar-refractivity contribution in [2.24, 2.45) is 0 Å². The second kappa shape index (κ2) is 25.3. The number of hydrogen-bond acceptors (Lipinski definition) is 4. The molecule has 7 nitrogen and oxygen atoms in total. The molecule has 1 aliphatic rings. The first kappa shape index (κ1) is 35.4. The van der Waals surface area contributed by atoms with E-state index in [2.05, 4.69) is 40.8 Å². The Morgan fingerprint density at radius 1 is 1.22 bits per heavy atom. The maximum absolute atomic E-state index is 11.3. The third kappa shape index (κ3) is 18.5. The van der Waals surface area contributed by atoms with Gasteiger partial charge in [0.05, 0.1) is 0 Å². The Kier molecular flexibility index (Phi) is 24.9. The lowest BCUT2D eigenvalue weighted by Crippen LogP contribution is -2.29. The van der Waals surface area contributed by atoms with Crippen LogP contribution in [0.2, 0.25) is 5.02 Å². The fourth-order valence-corrected chi connectivity index (χ4v) is 3.19. The molecule has 204 valence electrons. The number of allylic oxidation sites excluding steroid dienone is 4. The summed E-state index contributed by atoms with van der Waals surface area (Å²) in [4.78, 5) is 23.8. The van der Waals surface area contributed by atoms with E-state index in [9.17, 15) is 9.59 Å². The van der Waals surface area contributed by atoms with Gasteiger partial charge < -0.3 is 26.0 Å². The molecule has 0 saturated carbocycles. The predicted octanol–water partition coefficient (Wildman–Crippen LogP) is 6.48. The highest BCUT2D eigenvalue weighted by atomic mass is 35.5. The van der Waals surface area contributed by atoms with Crippen molar-refractivity contribution in [2.75, 3.05) is 25.0 Å². The highest BCUT2D eigenvalue weighted by Crippen LogP contribution is 2.22. The number of nitrogens with zero attached hydrogens (tertiary/aromatic N) is 1. The van der Waals surface area contributed by atoms with Gasteiger partial charge in [0.25, 0.3) is 0 Å². The number of anilines is 1. The van der Waals surface area contributed by atoms with Crippen molar-refractivity contribution < 1.29 is 14.7 Å². The minimum absolute atomic E-state index is 0.175. The van der Waals surface area contributed by atoms with Gasteiger partial charge in [-0.2, -0.15) is 0 Å². The SMILES string of the molecule is CC.CCCCNC(=O)Nc1ccc(Cl)cc1.CCO.C\C=C/C(=C\C=C\NC=O)N1CCCC1C. The number of halogens is 1. The zero-order chi connectivity index (χ0) is 27.6. The smallest absolute Gasteiger partial charge is 0.319 e. The van der Waals surface area contributed by atoms with E-state index < -0.39 is 0 Å². The first-order chi connectivity index (χ1) is 17.4. The summed E-state index contributed by atoms with van der Waals surface area (Å²) >= 11 is 5.72. The summed E-state index contributed by atoms with van der Waals surface area (Å²) in [5.74, 6) is 0. The molecule has 0 radical (unpaired) electrons. The molecule has 0 spiro atoms. The van der Waals surface area contributed by atoms with Crippen molar-refractivity contribution in [3.63, 3.8) is 0 Å². The molecule has 2 rings (SSSR count). The van der Waals surface area contributed by atoms with Crippen LogP contribution in [0.25, 0.3) is 0 Å². The van der Waals surface area contributed by atoms with Crippen LogP contribution < -0.4 is 16.0 Å². The summed E-state index contributed by atoms with van der Waals surface area (Å²) in [7, 11) is 0. The number of carbonyl (C=O) groups is 2. The Labute approximate surface area is 223 Å². The van der Waals surface area contributed by atoms with Crippen LogP contribution in [0.5, 0.6) is 0 Å². The van der Waals surface area contributed by atoms with Crippen molar-refractivity contribution in [2.45, 2.75) is 73.3 Å². The first-order valence-corrected chi connectivity index (χ1v) is 13.2. The van der Waals surface area contributed by atoms with E-state index in [0.29, 0.717) is 24.0 Å². The molecule has 3 amide bonds. The lowest BCUT2D eigenvalue weighted by atomic mass is 10.2. The van der Waals surface area contributed by atoms with E-state index in [1.807, 2.05) is 39.0 Å². The van der Waals surface area contributed by atoms with Crippen molar-refractivity contribution in [1.29, 1.82) is 0 Å². The third-order valence-electron chi connectivity index (χ3n) is 4.67. The molecule has 1 saturated heterocycles. The van der Waals surface area contributed by atoms with Gasteiger partial charge in [0.15, 0.2) is 0 Å². The number of benzene rings is 1. The number of unbranched alkanes of at least 4 members (excludes halogenated alkanes) is 1. The van der Waals surface area contributed by atoms with Gasteiger partial charge in [-0.05, 0) is 82.5 Å². The molecule has 1 aliphatic heterocycles. The zero-order valence-electron chi connectivity index (χ0n) is 22.9. The molecule has 0 aromatic heterocycles. The van der Waals surface area contributed by atoms with Crippen LogP contribution in [-0.4, -0.2) is 48.2 Å². The molecule has 1 aromatic rings. The average molecular weight is 523 g/mol. The minimum Gasteiger partial charge on any atom is -0.397 e. The van der Waals surface area contributed by atoms with Gasteiger partial charge in [-0.1, -0.05) is 44.9 Å². The molecule has 1 atom stereocenters. The number of likely N-dealkylation sites (tertiary alicyclic amines) is 1. The standard InChI is InChI=1S/C13H20N2O.C11H15ClN2O.C2H6O.C2H6/c1-3-6-13(8-4-9-14-11-16)15-10-5-7-12(15)2;1-2-3-8-13-11(15)14-10-6-4-9(12)5-7-10;1-2-3;1-2/h3-4,6,8-9,11-12H,5,7,10H2,1-2H3,(H,14,16);4-7H,2-3,8H2,1H3,(H2,13,14,15);3H,2H2,1H3;1-2H3/b6-3-,9-4+,13-8+;;;. The lowest BCUT2D eigenvalue weighted by Gasteiger charge is -2.24. The van der Waals surface area contributed by atoms with Crippen LogP contribution in [-0.2, 0) is 4.79 Å². The number of aliphatic hydroxyl groups excluding tert-OH is 1. The Morgan fingerprint density at radius 2 is 1.86 bits per heavy atom. The fraction of sp³-hybridized carbons (Fsp3) is 0.500. The van der Waals surface area contributed by atoms with E-state index in [0.717, 1.165) is 25.1 Å². The molecule has 4 N–H and O–H groups in total. The third-order valence-corrected chi connectivity index (χ3v) is 4.92. The van der Waals surface area contributed by atoms with Crippen LogP contribution >= 0.6 is 11.6 Å². The van der Waals surface area contributed by atoms with E-state index in [1.54, 1.807) is 37.4 Å². The number of nitrogens with one attached hydrogen (secondary N) is 3. The largest absolute Gasteiger partial charge is 0.397 e. The van der Waals surface area contributed by atoms with Crippen LogP contribution in [0, 0.1) is 0 Å². The van der Waals surface area contributed by atoms with Crippen LogP contribution in [0.3, 0.4) is 0 Å². The summed E-state index contributed by atoms with van der Waals surface area (Å²) < 4.78 is 0. The Hall–Kier alpha value is -2.77. The molecule has 1 unspecified atom stereocenters. The van der Waals surface area contributed by atoms with Gasteiger partial charge in [0.2, 0.25) is 6.41 Å². The topological polar surface area (TPSA) is 93.7 Å². The second-order valence-electron chi connectivity index (χ2n) is 7.48. The zero-order valence-corrected chi connectivity index (χ0v) is 23.6. The normalized spacial score (nSPS) is 14.6. The summed E-state index contributed by atoms with van der Waals surface area (Å²) in [6, 6.07) is 7.44. The van der Waals surface area contributed by atoms with E-state index in [1.165, 1.54) is 18.5 Å². The lowest BCUT2D eigenvalue weighted by molar-refractivity contribution is -0.108. The van der Waals surface area contributed by atoms with Gasteiger partial charge in [0.1, 0.15) is 0 Å². The first-order valence-electron chi connectivity index (χ1n) is 12.8. The monoisotopic (exact) mass is 522 g/mol. The molecular weight excluding hydrogens is 476 g/mol. The minimum atomic E-state index is -0.175. The van der Waals surface area contributed by atoms with Crippen LogP contribution in [0.1, 0.15) is 67.2 Å². The van der Waals surface area contributed by atoms with Crippen molar-refractivity contribution in [3.8, 4) is 0 Å². The molecule has 1 heterocycles. The number of amides is 3. The van der Waals surface area contributed by atoms with Crippen molar-refractivity contribution in [1.82, 2.24) is 15.5 Å².